The van der Waals surface area contributed by atoms with E-state index in [0.29, 0.717) is 30.5 Å². The van der Waals surface area contributed by atoms with Crippen LogP contribution in [-0.2, 0) is 11.3 Å². The lowest BCUT2D eigenvalue weighted by Crippen LogP contribution is -2.42. The van der Waals surface area contributed by atoms with E-state index in [0.717, 1.165) is 17.0 Å². The van der Waals surface area contributed by atoms with Gasteiger partial charge in [0.1, 0.15) is 0 Å². The zero-order chi connectivity index (χ0) is 17.8. The molecule has 2 heterocycles. The Morgan fingerprint density at radius 3 is 2.96 bits per heavy atom. The van der Waals surface area contributed by atoms with Gasteiger partial charge >= 0.3 is 0 Å². The summed E-state index contributed by atoms with van der Waals surface area (Å²) in [5.74, 6) is -0.163. The molecule has 3 rings (SSSR count). The highest BCUT2D eigenvalue weighted by molar-refractivity contribution is 7.15. The minimum Gasteiger partial charge on any atom is -0.389 e. The van der Waals surface area contributed by atoms with Crippen molar-refractivity contribution in [2.24, 2.45) is 0 Å². The molecular formula is C18H23N3O3S. The maximum Gasteiger partial charge on any atom is 0.257 e. The summed E-state index contributed by atoms with van der Waals surface area (Å²) in [6, 6.07) is 7.56. The van der Waals surface area contributed by atoms with Crippen LogP contribution in [-0.4, -0.2) is 52.8 Å². The van der Waals surface area contributed by atoms with Crippen LogP contribution in [0.5, 0.6) is 0 Å². The summed E-state index contributed by atoms with van der Waals surface area (Å²) in [4.78, 5) is 19.8. The predicted octanol–water partition coefficient (Wildman–Crippen LogP) is 2.29. The van der Waals surface area contributed by atoms with Crippen LogP contribution in [0.15, 0.2) is 30.5 Å². The molecule has 7 heteroatoms. The van der Waals surface area contributed by atoms with E-state index in [4.69, 9.17) is 4.74 Å². The van der Waals surface area contributed by atoms with Gasteiger partial charge in [0, 0.05) is 23.2 Å². The van der Waals surface area contributed by atoms with Gasteiger partial charge in [0.15, 0.2) is 5.13 Å². The molecule has 6 nitrogen and oxygen atoms in total. The molecule has 1 aliphatic rings. The average molecular weight is 361 g/mol. The Bertz CT molecular complexity index is 734. The van der Waals surface area contributed by atoms with Gasteiger partial charge in [-0.3, -0.25) is 15.0 Å². The summed E-state index contributed by atoms with van der Waals surface area (Å²) in [7, 11) is 0. The summed E-state index contributed by atoms with van der Waals surface area (Å²) in [5.41, 5.74) is 1.63. The molecule has 0 bridgehead atoms. The summed E-state index contributed by atoms with van der Waals surface area (Å²) >= 11 is 1.45. The molecule has 2 atom stereocenters. The first-order chi connectivity index (χ1) is 12.1. The minimum absolute atomic E-state index is 0.000719. The number of rotatable bonds is 6. The maximum atomic E-state index is 12.4. The van der Waals surface area contributed by atoms with Gasteiger partial charge in [0.05, 0.1) is 25.4 Å². The lowest BCUT2D eigenvalue weighted by molar-refractivity contribution is 0.0807. The van der Waals surface area contributed by atoms with Gasteiger partial charge in [0.25, 0.3) is 5.91 Å². The zero-order valence-corrected chi connectivity index (χ0v) is 15.3. The molecule has 1 aromatic carbocycles. The number of anilines is 1. The van der Waals surface area contributed by atoms with E-state index >= 15 is 0 Å². The van der Waals surface area contributed by atoms with E-state index in [1.807, 2.05) is 25.1 Å². The van der Waals surface area contributed by atoms with Crippen molar-refractivity contribution in [1.29, 1.82) is 0 Å². The summed E-state index contributed by atoms with van der Waals surface area (Å²) < 4.78 is 5.36. The fourth-order valence-corrected chi connectivity index (χ4v) is 3.63. The number of aliphatic hydroxyl groups excluding tert-OH is 1. The molecule has 0 saturated carbocycles. The van der Waals surface area contributed by atoms with E-state index in [9.17, 15) is 9.90 Å². The van der Waals surface area contributed by atoms with Crippen LogP contribution in [0.4, 0.5) is 5.13 Å². The van der Waals surface area contributed by atoms with Gasteiger partial charge in [-0.2, -0.15) is 0 Å². The predicted molar refractivity (Wildman–Crippen MR) is 97.9 cm³/mol. The van der Waals surface area contributed by atoms with Crippen molar-refractivity contribution in [2.75, 3.05) is 25.1 Å². The number of nitrogens with one attached hydrogen (secondary N) is 1. The minimum atomic E-state index is -0.459. The number of hydrogen-bond donors (Lipinski definition) is 2. The third kappa shape index (κ3) is 4.43. The molecule has 1 fully saturated rings. The van der Waals surface area contributed by atoms with Crippen molar-refractivity contribution in [2.45, 2.75) is 32.5 Å². The molecule has 1 saturated heterocycles. The fourth-order valence-electron chi connectivity index (χ4n) is 2.97. The molecule has 0 unspecified atom stereocenters. The van der Waals surface area contributed by atoms with E-state index in [1.165, 1.54) is 11.3 Å². The molecule has 134 valence electrons. The molecule has 0 aliphatic carbocycles. The summed E-state index contributed by atoms with van der Waals surface area (Å²) in [5, 5.41) is 13.5. The molecule has 1 amide bonds. The number of aromatic nitrogens is 1. The van der Waals surface area contributed by atoms with Crippen LogP contribution in [0.25, 0.3) is 0 Å². The van der Waals surface area contributed by atoms with Crippen LogP contribution >= 0.6 is 11.3 Å². The highest BCUT2D eigenvalue weighted by Crippen LogP contribution is 2.19. The molecule has 0 spiro atoms. The Balaban J connectivity index is 1.69. The topological polar surface area (TPSA) is 74.7 Å². The van der Waals surface area contributed by atoms with Gasteiger partial charge in [-0.15, -0.1) is 11.3 Å². The van der Waals surface area contributed by atoms with Crippen LogP contribution in [0.2, 0.25) is 0 Å². The van der Waals surface area contributed by atoms with E-state index < -0.39 is 6.10 Å². The van der Waals surface area contributed by atoms with Gasteiger partial charge < -0.3 is 9.84 Å². The average Bonchev–Trinajstić information content (AvgIpc) is 3.21. The number of nitrogens with zero attached hydrogens (tertiary/aromatic N) is 2. The van der Waals surface area contributed by atoms with Gasteiger partial charge in [-0.05, 0) is 31.2 Å². The van der Waals surface area contributed by atoms with Crippen LogP contribution in [0, 0.1) is 6.92 Å². The number of thiazole rings is 1. The van der Waals surface area contributed by atoms with Gasteiger partial charge in [-0.1, -0.05) is 19.1 Å². The van der Waals surface area contributed by atoms with Gasteiger partial charge in [-0.25, -0.2) is 4.98 Å². The van der Waals surface area contributed by atoms with Crippen molar-refractivity contribution in [3.8, 4) is 0 Å². The Morgan fingerprint density at radius 1 is 1.48 bits per heavy atom. The number of carbonyl (C=O) groups excluding carboxylic acids is 1. The third-order valence-electron chi connectivity index (χ3n) is 4.31. The molecule has 2 N–H and O–H groups in total. The normalized spacial score (nSPS) is 20.2. The Hall–Kier alpha value is -1.80. The monoisotopic (exact) mass is 361 g/mol. The zero-order valence-electron chi connectivity index (χ0n) is 14.4. The molecule has 25 heavy (non-hydrogen) atoms. The Morgan fingerprint density at radius 2 is 2.32 bits per heavy atom. The van der Waals surface area contributed by atoms with Crippen molar-refractivity contribution in [3.63, 3.8) is 0 Å². The lowest BCUT2D eigenvalue weighted by atomic mass is 10.1. The number of carbonyl (C=O) groups is 1. The fraction of sp³-hybridized carbons (Fsp3) is 0.444. The van der Waals surface area contributed by atoms with E-state index in [1.54, 1.807) is 12.3 Å². The SMILES string of the molecule is CCN(Cc1cccc(C(=O)Nc2ncc(C)s2)c1)[C@@H]1COC[C@H]1O. The summed E-state index contributed by atoms with van der Waals surface area (Å²) in [6.45, 7) is 6.41. The highest BCUT2D eigenvalue weighted by Gasteiger charge is 2.30. The quantitative estimate of drug-likeness (QED) is 0.826. The molecular weight excluding hydrogens is 338 g/mol. The first-order valence-corrected chi connectivity index (χ1v) is 9.21. The van der Waals surface area contributed by atoms with Crippen molar-refractivity contribution >= 4 is 22.4 Å². The van der Waals surface area contributed by atoms with Crippen LogP contribution in [0.1, 0.15) is 27.7 Å². The third-order valence-corrected chi connectivity index (χ3v) is 5.14. The second kappa shape index (κ2) is 8.05. The lowest BCUT2D eigenvalue weighted by Gasteiger charge is -2.28. The number of hydrogen-bond acceptors (Lipinski definition) is 6. The largest absolute Gasteiger partial charge is 0.389 e. The van der Waals surface area contributed by atoms with Crippen LogP contribution < -0.4 is 5.32 Å². The molecule has 1 aromatic heterocycles. The number of aryl methyl sites for hydroxylation is 1. The molecule has 2 aromatic rings. The second-order valence-electron chi connectivity index (χ2n) is 6.17. The number of likely N-dealkylation sites (N-methyl/N-ethyl adjacent to an activating group) is 1. The van der Waals surface area contributed by atoms with Crippen molar-refractivity contribution < 1.29 is 14.6 Å². The van der Waals surface area contributed by atoms with E-state index in [2.05, 4.69) is 22.1 Å². The number of aliphatic hydroxyl groups is 1. The van der Waals surface area contributed by atoms with E-state index in [-0.39, 0.29) is 11.9 Å². The number of ether oxygens (including phenoxy) is 1. The first kappa shape index (κ1) is 18.0. The smallest absolute Gasteiger partial charge is 0.257 e. The Kier molecular flexibility index (Phi) is 5.80. The second-order valence-corrected chi connectivity index (χ2v) is 7.40. The highest BCUT2D eigenvalue weighted by atomic mass is 32.1. The maximum absolute atomic E-state index is 12.4. The van der Waals surface area contributed by atoms with Crippen molar-refractivity contribution in [1.82, 2.24) is 9.88 Å². The van der Waals surface area contributed by atoms with Gasteiger partial charge in [0.2, 0.25) is 0 Å². The summed E-state index contributed by atoms with van der Waals surface area (Å²) in [6.07, 6.45) is 1.28. The standard InChI is InChI=1S/C18H23N3O3S/c1-3-21(15-10-24-11-16(15)22)9-13-5-4-6-14(7-13)17(23)20-18-19-8-12(2)25-18/h4-8,15-16,22H,3,9-11H2,1-2H3,(H,19,20,23)/t15-,16-/m1/s1. The van der Waals surface area contributed by atoms with Crippen molar-refractivity contribution in [3.05, 3.63) is 46.5 Å². The molecule has 1 aliphatic heterocycles. The van der Waals surface area contributed by atoms with Crippen LogP contribution in [0.3, 0.4) is 0 Å². The Labute approximate surface area is 151 Å². The number of amides is 1. The molecule has 0 radical (unpaired) electrons. The first-order valence-electron chi connectivity index (χ1n) is 8.39. The number of benzene rings is 1.